The first kappa shape index (κ1) is 15.4. The Hall–Kier alpha value is -1.11. The molecular weight excluding hydrogens is 286 g/mol. The first-order valence-corrected chi connectivity index (χ1v) is 9.17. The fraction of sp³-hybridized carbons (Fsp3) is 0.750. The summed E-state index contributed by atoms with van der Waals surface area (Å²) in [6, 6.07) is 2.22. The summed E-state index contributed by atoms with van der Waals surface area (Å²) in [5, 5.41) is 30.2. The molecule has 0 amide bonds. The molecule has 3 heteroatoms. The SMILES string of the molecule is C[C@]12CC=C3C4=C(CCC3C1CC[C@@]2(O)CC#N)CC(O)CC4. The van der Waals surface area contributed by atoms with Gasteiger partial charge in [0.2, 0.25) is 0 Å². The Morgan fingerprint density at radius 1 is 1.30 bits per heavy atom. The highest BCUT2D eigenvalue weighted by Crippen LogP contribution is 2.63. The second-order valence-corrected chi connectivity index (χ2v) is 8.42. The van der Waals surface area contributed by atoms with Crippen molar-refractivity contribution < 1.29 is 10.2 Å². The lowest BCUT2D eigenvalue weighted by Gasteiger charge is -2.50. The Morgan fingerprint density at radius 2 is 2.13 bits per heavy atom. The molecule has 3 unspecified atom stereocenters. The fourth-order valence-corrected chi connectivity index (χ4v) is 6.07. The lowest BCUT2D eigenvalue weighted by atomic mass is 9.56. The van der Waals surface area contributed by atoms with Crippen LogP contribution in [0.15, 0.2) is 22.8 Å². The van der Waals surface area contributed by atoms with Gasteiger partial charge in [-0.15, -0.1) is 0 Å². The van der Waals surface area contributed by atoms with Gasteiger partial charge in [0.15, 0.2) is 0 Å². The van der Waals surface area contributed by atoms with Crippen LogP contribution >= 0.6 is 0 Å². The number of fused-ring (bicyclic) bond motifs is 4. The summed E-state index contributed by atoms with van der Waals surface area (Å²) in [4.78, 5) is 0. The number of rotatable bonds is 1. The van der Waals surface area contributed by atoms with Gasteiger partial charge in [0.1, 0.15) is 0 Å². The normalized spacial score (nSPS) is 45.7. The van der Waals surface area contributed by atoms with Crippen LogP contribution in [0.1, 0.15) is 64.7 Å². The van der Waals surface area contributed by atoms with Gasteiger partial charge in [-0.2, -0.15) is 5.26 Å². The highest BCUT2D eigenvalue weighted by atomic mass is 16.3. The second-order valence-electron chi connectivity index (χ2n) is 8.42. The zero-order valence-corrected chi connectivity index (χ0v) is 14.0. The second kappa shape index (κ2) is 5.19. The minimum Gasteiger partial charge on any atom is -0.393 e. The maximum atomic E-state index is 11.1. The summed E-state index contributed by atoms with van der Waals surface area (Å²) < 4.78 is 0. The number of allylic oxidation sites excluding steroid dienone is 3. The van der Waals surface area contributed by atoms with Crippen LogP contribution < -0.4 is 0 Å². The maximum absolute atomic E-state index is 11.1. The first-order valence-electron chi connectivity index (χ1n) is 9.17. The Morgan fingerprint density at radius 3 is 2.91 bits per heavy atom. The van der Waals surface area contributed by atoms with Crippen molar-refractivity contribution in [1.29, 1.82) is 5.26 Å². The number of hydrogen-bond acceptors (Lipinski definition) is 3. The molecule has 3 nitrogen and oxygen atoms in total. The van der Waals surface area contributed by atoms with E-state index in [1.54, 1.807) is 0 Å². The van der Waals surface area contributed by atoms with Crippen LogP contribution in [0.4, 0.5) is 0 Å². The van der Waals surface area contributed by atoms with Crippen molar-refractivity contribution in [3.05, 3.63) is 22.8 Å². The summed E-state index contributed by atoms with van der Waals surface area (Å²) in [7, 11) is 0. The van der Waals surface area contributed by atoms with Gasteiger partial charge in [-0.1, -0.05) is 18.6 Å². The van der Waals surface area contributed by atoms with Crippen LogP contribution in [0.5, 0.6) is 0 Å². The molecular formula is C20H27NO2. The third-order valence-electron chi connectivity index (χ3n) is 7.50. The average Bonchev–Trinajstić information content (AvgIpc) is 2.79. The molecule has 2 N–H and O–H groups in total. The molecule has 0 heterocycles. The summed E-state index contributed by atoms with van der Waals surface area (Å²) in [6.45, 7) is 2.21. The Kier molecular flexibility index (Phi) is 3.48. The molecule has 1 fully saturated rings. The van der Waals surface area contributed by atoms with Crippen molar-refractivity contribution in [1.82, 2.24) is 0 Å². The molecule has 0 aromatic rings. The van der Waals surface area contributed by atoms with E-state index in [4.69, 9.17) is 5.26 Å². The Labute approximate surface area is 138 Å². The van der Waals surface area contributed by atoms with Crippen molar-refractivity contribution >= 4 is 0 Å². The van der Waals surface area contributed by atoms with Crippen LogP contribution in [-0.2, 0) is 0 Å². The van der Waals surface area contributed by atoms with Gasteiger partial charge in [-0.05, 0) is 74.3 Å². The van der Waals surface area contributed by atoms with Crippen LogP contribution in [0.2, 0.25) is 0 Å². The molecule has 0 bridgehead atoms. The van der Waals surface area contributed by atoms with Crippen molar-refractivity contribution in [2.24, 2.45) is 17.3 Å². The van der Waals surface area contributed by atoms with E-state index in [-0.39, 0.29) is 17.9 Å². The van der Waals surface area contributed by atoms with Crippen molar-refractivity contribution in [2.75, 3.05) is 0 Å². The first-order chi connectivity index (χ1) is 11.0. The lowest BCUT2D eigenvalue weighted by molar-refractivity contribution is -0.0749. The van der Waals surface area contributed by atoms with Crippen LogP contribution in [0, 0.1) is 28.6 Å². The topological polar surface area (TPSA) is 64.2 Å². The Balaban J connectivity index is 1.70. The summed E-state index contributed by atoms with van der Waals surface area (Å²) in [5.74, 6) is 1.05. The number of aliphatic hydroxyl groups is 2. The number of nitriles is 1. The molecule has 0 spiro atoms. The van der Waals surface area contributed by atoms with Gasteiger partial charge in [-0.3, -0.25) is 0 Å². The molecule has 4 aliphatic carbocycles. The van der Waals surface area contributed by atoms with E-state index in [9.17, 15) is 10.2 Å². The number of hydrogen-bond donors (Lipinski definition) is 2. The van der Waals surface area contributed by atoms with Crippen molar-refractivity contribution in [3.63, 3.8) is 0 Å². The monoisotopic (exact) mass is 313 g/mol. The number of nitrogens with zero attached hydrogens (tertiary/aromatic N) is 1. The zero-order valence-electron chi connectivity index (χ0n) is 14.0. The summed E-state index contributed by atoms with van der Waals surface area (Å²) >= 11 is 0. The molecule has 4 aliphatic rings. The molecule has 1 saturated carbocycles. The molecule has 124 valence electrons. The standard InChI is InChI=1S/C20H27NO2/c1-19-8-6-16-15-5-3-14(22)12-13(15)2-4-17(16)18(19)7-9-20(19,23)10-11-21/h6,14,17-18,22-23H,2-5,7-10,12H2,1H3/t14?,17?,18?,19-,20+/m0/s1. The van der Waals surface area contributed by atoms with E-state index in [0.717, 1.165) is 51.4 Å². The van der Waals surface area contributed by atoms with Crippen molar-refractivity contribution in [2.45, 2.75) is 76.4 Å². The van der Waals surface area contributed by atoms with Crippen LogP contribution in [0.25, 0.3) is 0 Å². The molecule has 0 aromatic heterocycles. The van der Waals surface area contributed by atoms with Gasteiger partial charge in [-0.25, -0.2) is 0 Å². The molecule has 4 rings (SSSR count). The maximum Gasteiger partial charge on any atom is 0.0836 e. The molecule has 5 atom stereocenters. The highest BCUT2D eigenvalue weighted by Gasteiger charge is 2.59. The van der Waals surface area contributed by atoms with E-state index < -0.39 is 5.60 Å². The van der Waals surface area contributed by atoms with E-state index in [1.165, 1.54) is 16.7 Å². The van der Waals surface area contributed by atoms with Crippen molar-refractivity contribution in [3.8, 4) is 6.07 Å². The van der Waals surface area contributed by atoms with Crippen LogP contribution in [-0.4, -0.2) is 21.9 Å². The van der Waals surface area contributed by atoms with Gasteiger partial charge < -0.3 is 10.2 Å². The fourth-order valence-electron chi connectivity index (χ4n) is 6.07. The predicted octanol–water partition coefficient (Wildman–Crippen LogP) is 3.63. The van der Waals surface area contributed by atoms with E-state index >= 15 is 0 Å². The largest absolute Gasteiger partial charge is 0.393 e. The van der Waals surface area contributed by atoms with Gasteiger partial charge in [0.05, 0.1) is 24.2 Å². The molecule has 0 aliphatic heterocycles. The van der Waals surface area contributed by atoms with E-state index in [1.807, 2.05) is 0 Å². The van der Waals surface area contributed by atoms with Gasteiger partial charge in [0, 0.05) is 5.41 Å². The molecule has 23 heavy (non-hydrogen) atoms. The zero-order chi connectivity index (χ0) is 16.2. The lowest BCUT2D eigenvalue weighted by Crippen LogP contribution is -2.48. The molecule has 0 radical (unpaired) electrons. The number of aliphatic hydroxyl groups excluding tert-OH is 1. The quantitative estimate of drug-likeness (QED) is 0.777. The highest BCUT2D eigenvalue weighted by molar-refractivity contribution is 5.44. The van der Waals surface area contributed by atoms with E-state index in [2.05, 4.69) is 19.1 Å². The third-order valence-corrected chi connectivity index (χ3v) is 7.50. The predicted molar refractivity (Wildman–Crippen MR) is 88.3 cm³/mol. The minimum atomic E-state index is -0.814. The Bertz CT molecular complexity index is 628. The molecule has 0 saturated heterocycles. The third kappa shape index (κ3) is 2.08. The minimum absolute atomic E-state index is 0.146. The van der Waals surface area contributed by atoms with Gasteiger partial charge >= 0.3 is 0 Å². The van der Waals surface area contributed by atoms with E-state index in [0.29, 0.717) is 11.8 Å². The summed E-state index contributed by atoms with van der Waals surface area (Å²) in [6.07, 6.45) is 10.2. The van der Waals surface area contributed by atoms with Crippen LogP contribution in [0.3, 0.4) is 0 Å². The summed E-state index contributed by atoms with van der Waals surface area (Å²) in [5.41, 5.74) is 3.58. The smallest absolute Gasteiger partial charge is 0.0836 e. The average molecular weight is 313 g/mol. The van der Waals surface area contributed by atoms with Gasteiger partial charge in [0.25, 0.3) is 0 Å². The molecule has 0 aromatic carbocycles.